The average molecular weight is 290 g/mol. The molecule has 1 heterocycles. The molecule has 2 rings (SSSR count). The Hall–Kier alpha value is -2.70. The number of hydrogen-bond donors (Lipinski definition) is 3. The number of nitrogens with one attached hydrogen (secondary N) is 2. The molecule has 0 aliphatic rings. The predicted octanol–water partition coefficient (Wildman–Crippen LogP) is 1.96. The molecule has 0 radical (unpaired) electrons. The maximum Gasteiger partial charge on any atom is 0.278 e. The van der Waals surface area contributed by atoms with Crippen LogP contribution in [0.5, 0.6) is 11.5 Å². The molecule has 4 N–H and O–H groups in total. The minimum Gasteiger partial charge on any atom is -0.493 e. The van der Waals surface area contributed by atoms with Crippen molar-refractivity contribution >= 4 is 17.3 Å². The number of benzene rings is 1. The first kappa shape index (κ1) is 14.7. The maximum absolute atomic E-state index is 12.1. The smallest absolute Gasteiger partial charge is 0.278 e. The molecule has 0 fully saturated rings. The third kappa shape index (κ3) is 3.07. The maximum atomic E-state index is 12.1. The number of nitrogen functional groups attached to an aromatic ring is 1. The molecule has 1 amide bonds. The van der Waals surface area contributed by atoms with E-state index in [1.54, 1.807) is 32.2 Å². The van der Waals surface area contributed by atoms with Crippen molar-refractivity contribution in [2.75, 3.05) is 24.8 Å². The molecule has 7 nitrogen and oxygen atoms in total. The van der Waals surface area contributed by atoms with Gasteiger partial charge in [0.05, 0.1) is 25.1 Å². The van der Waals surface area contributed by atoms with E-state index in [1.165, 1.54) is 0 Å². The number of nitrogens with two attached hydrogens (primary N) is 1. The van der Waals surface area contributed by atoms with Crippen molar-refractivity contribution < 1.29 is 14.3 Å². The fourth-order valence-electron chi connectivity index (χ4n) is 1.82. The van der Waals surface area contributed by atoms with E-state index >= 15 is 0 Å². The van der Waals surface area contributed by atoms with Crippen LogP contribution in [0.3, 0.4) is 0 Å². The zero-order chi connectivity index (χ0) is 15.4. The number of aryl methyl sites for hydroxylation is 1. The zero-order valence-corrected chi connectivity index (χ0v) is 12.2. The van der Waals surface area contributed by atoms with Crippen molar-refractivity contribution in [3.8, 4) is 11.5 Å². The van der Waals surface area contributed by atoms with Crippen LogP contribution in [0.2, 0.25) is 0 Å². The molecule has 0 saturated carbocycles. The van der Waals surface area contributed by atoms with E-state index in [1.807, 2.05) is 6.92 Å². The number of aromatic nitrogens is 2. The van der Waals surface area contributed by atoms with E-state index in [0.717, 1.165) is 0 Å². The lowest BCUT2D eigenvalue weighted by molar-refractivity contribution is 0.102. The highest BCUT2D eigenvalue weighted by atomic mass is 16.5. The molecule has 0 unspecified atom stereocenters. The van der Waals surface area contributed by atoms with Gasteiger partial charge in [0.1, 0.15) is 0 Å². The quantitative estimate of drug-likeness (QED) is 0.781. The Labute approximate surface area is 122 Å². The number of nitrogens with zero attached hydrogens (tertiary/aromatic N) is 1. The highest BCUT2D eigenvalue weighted by molar-refractivity contribution is 6.06. The Balaban J connectivity index is 2.19. The van der Waals surface area contributed by atoms with E-state index in [0.29, 0.717) is 35.2 Å². The van der Waals surface area contributed by atoms with Crippen molar-refractivity contribution in [3.05, 3.63) is 29.6 Å². The van der Waals surface area contributed by atoms with Crippen LogP contribution in [0.15, 0.2) is 18.2 Å². The van der Waals surface area contributed by atoms with Gasteiger partial charge in [-0.05, 0) is 26.0 Å². The van der Waals surface area contributed by atoms with Crippen LogP contribution < -0.4 is 20.5 Å². The molecule has 21 heavy (non-hydrogen) atoms. The fourth-order valence-corrected chi connectivity index (χ4v) is 1.82. The largest absolute Gasteiger partial charge is 0.493 e. The number of rotatable bonds is 5. The lowest BCUT2D eigenvalue weighted by atomic mass is 10.2. The number of carbonyl (C=O) groups is 1. The van der Waals surface area contributed by atoms with Crippen LogP contribution in [0.25, 0.3) is 0 Å². The first-order chi connectivity index (χ1) is 10.1. The number of hydrogen-bond acceptors (Lipinski definition) is 5. The van der Waals surface area contributed by atoms with E-state index in [-0.39, 0.29) is 11.6 Å². The Morgan fingerprint density at radius 1 is 1.43 bits per heavy atom. The van der Waals surface area contributed by atoms with Gasteiger partial charge in [-0.2, -0.15) is 5.10 Å². The first-order valence-electron chi connectivity index (χ1n) is 6.49. The van der Waals surface area contributed by atoms with E-state index < -0.39 is 0 Å². The summed E-state index contributed by atoms with van der Waals surface area (Å²) in [6.45, 7) is 4.17. The van der Waals surface area contributed by atoms with Gasteiger partial charge in [0, 0.05) is 11.8 Å². The summed E-state index contributed by atoms with van der Waals surface area (Å²) in [7, 11) is 1.54. The fraction of sp³-hybridized carbons (Fsp3) is 0.286. The van der Waals surface area contributed by atoms with Gasteiger partial charge in [0.25, 0.3) is 5.91 Å². The van der Waals surface area contributed by atoms with Crippen molar-refractivity contribution in [2.45, 2.75) is 13.8 Å². The van der Waals surface area contributed by atoms with Crippen molar-refractivity contribution in [2.24, 2.45) is 0 Å². The Morgan fingerprint density at radius 2 is 2.19 bits per heavy atom. The zero-order valence-electron chi connectivity index (χ0n) is 12.2. The summed E-state index contributed by atoms with van der Waals surface area (Å²) in [5.74, 6) is 0.775. The topological polar surface area (TPSA) is 102 Å². The van der Waals surface area contributed by atoms with E-state index in [2.05, 4.69) is 15.5 Å². The molecular weight excluding hydrogens is 272 g/mol. The second-order valence-corrected chi connectivity index (χ2v) is 4.36. The van der Waals surface area contributed by atoms with Gasteiger partial charge in [-0.15, -0.1) is 0 Å². The van der Waals surface area contributed by atoms with Crippen molar-refractivity contribution in [1.82, 2.24) is 10.2 Å². The molecule has 1 aromatic heterocycles. The summed E-state index contributed by atoms with van der Waals surface area (Å²) in [6.07, 6.45) is 0. The lowest BCUT2D eigenvalue weighted by Gasteiger charge is -2.11. The third-order valence-corrected chi connectivity index (χ3v) is 2.93. The monoisotopic (exact) mass is 290 g/mol. The van der Waals surface area contributed by atoms with Gasteiger partial charge >= 0.3 is 0 Å². The molecule has 0 saturated heterocycles. The van der Waals surface area contributed by atoms with Gasteiger partial charge in [-0.3, -0.25) is 9.89 Å². The second-order valence-electron chi connectivity index (χ2n) is 4.36. The summed E-state index contributed by atoms with van der Waals surface area (Å²) in [5, 5.41) is 9.27. The molecule has 0 aliphatic heterocycles. The average Bonchev–Trinajstić information content (AvgIpc) is 2.81. The summed E-state index contributed by atoms with van der Waals surface area (Å²) in [5.41, 5.74) is 7.51. The van der Waals surface area contributed by atoms with Crippen molar-refractivity contribution in [3.63, 3.8) is 0 Å². The number of methoxy groups -OCH3 is 1. The predicted molar refractivity (Wildman–Crippen MR) is 79.9 cm³/mol. The highest BCUT2D eigenvalue weighted by Gasteiger charge is 2.16. The Bertz CT molecular complexity index is 652. The van der Waals surface area contributed by atoms with Gasteiger partial charge in [-0.25, -0.2) is 0 Å². The molecule has 1 aromatic carbocycles. The summed E-state index contributed by atoms with van der Waals surface area (Å²) >= 11 is 0. The SMILES string of the molecule is CCOc1ccc(NC(=O)c2n[nH]c(C)c2N)cc1OC. The second kappa shape index (κ2) is 6.17. The molecule has 2 aromatic rings. The Morgan fingerprint density at radius 3 is 2.76 bits per heavy atom. The van der Waals surface area contributed by atoms with Crippen LogP contribution in [-0.2, 0) is 0 Å². The molecule has 0 atom stereocenters. The number of anilines is 2. The van der Waals surface area contributed by atoms with E-state index in [9.17, 15) is 4.79 Å². The molecule has 7 heteroatoms. The number of amides is 1. The van der Waals surface area contributed by atoms with Gasteiger partial charge in [0.15, 0.2) is 17.2 Å². The van der Waals surface area contributed by atoms with Gasteiger partial charge in [0.2, 0.25) is 0 Å². The number of H-pyrrole nitrogens is 1. The third-order valence-electron chi connectivity index (χ3n) is 2.93. The number of carbonyl (C=O) groups excluding carboxylic acids is 1. The standard InChI is InChI=1S/C14H18N4O3/c1-4-21-10-6-5-9(7-11(10)20-3)16-14(19)13-12(15)8(2)17-18-13/h5-7H,4,15H2,1-3H3,(H,16,19)(H,17,18). The molecule has 0 bridgehead atoms. The summed E-state index contributed by atoms with van der Waals surface area (Å²) in [4.78, 5) is 12.1. The van der Waals surface area contributed by atoms with Crippen LogP contribution in [0.1, 0.15) is 23.1 Å². The van der Waals surface area contributed by atoms with Gasteiger partial charge in [-0.1, -0.05) is 0 Å². The first-order valence-corrected chi connectivity index (χ1v) is 6.49. The molecule has 0 aliphatic carbocycles. The summed E-state index contributed by atoms with van der Waals surface area (Å²) < 4.78 is 10.7. The van der Waals surface area contributed by atoms with Crippen LogP contribution in [-0.4, -0.2) is 29.8 Å². The Kier molecular flexibility index (Phi) is 4.32. The highest BCUT2D eigenvalue weighted by Crippen LogP contribution is 2.30. The molecule has 112 valence electrons. The van der Waals surface area contributed by atoms with Gasteiger partial charge < -0.3 is 20.5 Å². The number of ether oxygens (including phenoxy) is 2. The lowest BCUT2D eigenvalue weighted by Crippen LogP contribution is -2.14. The van der Waals surface area contributed by atoms with Crippen molar-refractivity contribution in [1.29, 1.82) is 0 Å². The minimum atomic E-state index is -0.386. The van der Waals surface area contributed by atoms with Crippen LogP contribution in [0.4, 0.5) is 11.4 Å². The summed E-state index contributed by atoms with van der Waals surface area (Å²) in [6, 6.07) is 5.14. The minimum absolute atomic E-state index is 0.167. The van der Waals surface area contributed by atoms with E-state index in [4.69, 9.17) is 15.2 Å². The van der Waals surface area contributed by atoms with Crippen LogP contribution in [0, 0.1) is 6.92 Å². The number of aromatic amines is 1. The molecular formula is C14H18N4O3. The normalized spacial score (nSPS) is 10.2. The van der Waals surface area contributed by atoms with Crippen LogP contribution >= 0.6 is 0 Å². The molecule has 0 spiro atoms.